The number of fused-ring (bicyclic) bond motifs is 5. The highest BCUT2D eigenvalue weighted by molar-refractivity contribution is 6.00. The lowest BCUT2D eigenvalue weighted by Crippen LogP contribution is -2.51. The summed E-state index contributed by atoms with van der Waals surface area (Å²) in [4.78, 5) is 39.0. The molecule has 3 aromatic heterocycles. The van der Waals surface area contributed by atoms with Crippen LogP contribution >= 0.6 is 0 Å². The summed E-state index contributed by atoms with van der Waals surface area (Å²) in [6, 6.07) is 16.2. The van der Waals surface area contributed by atoms with Crippen molar-refractivity contribution in [3.63, 3.8) is 0 Å². The summed E-state index contributed by atoms with van der Waals surface area (Å²) < 4.78 is 27.7. The van der Waals surface area contributed by atoms with Gasteiger partial charge in [-0.25, -0.2) is 9.97 Å². The minimum Gasteiger partial charge on any atom is -0.494 e. The van der Waals surface area contributed by atoms with Gasteiger partial charge in [-0.05, 0) is 93.3 Å². The minimum absolute atomic E-state index is 0.0854. The second-order valence-electron chi connectivity index (χ2n) is 13.6. The molecule has 5 aromatic rings. The number of nitrogens with one attached hydrogen (secondary N) is 1. The number of ether oxygens (including phenoxy) is 1. The number of methoxy groups -OCH3 is 1. The Morgan fingerprint density at radius 3 is 2.79 bits per heavy atom. The number of amides is 2. The highest BCUT2D eigenvalue weighted by Gasteiger charge is 2.41. The Morgan fingerprint density at radius 2 is 1.94 bits per heavy atom. The van der Waals surface area contributed by atoms with Crippen LogP contribution in [0.15, 0.2) is 54.6 Å². The van der Waals surface area contributed by atoms with Crippen LogP contribution in [0.2, 0.25) is 0 Å². The predicted molar refractivity (Wildman–Crippen MR) is 186 cm³/mol. The molecule has 10 nitrogen and oxygen atoms in total. The van der Waals surface area contributed by atoms with Crippen LogP contribution in [-0.2, 0) is 20.0 Å². The molecule has 4 bridgehead atoms. The van der Waals surface area contributed by atoms with Gasteiger partial charge in [-0.1, -0.05) is 24.6 Å². The van der Waals surface area contributed by atoms with E-state index >= 15 is 0 Å². The Balaban J connectivity index is 1.20. The van der Waals surface area contributed by atoms with Crippen molar-refractivity contribution < 1.29 is 17.1 Å². The van der Waals surface area contributed by atoms with Gasteiger partial charge in [-0.15, -0.1) is 0 Å². The molecular formula is C38H43N7O3. The molecular weight excluding hydrogens is 602 g/mol. The molecule has 5 heterocycles. The highest BCUT2D eigenvalue weighted by atomic mass is 16.5. The Hall–Kier alpha value is -4.70. The number of carbonyl (C=O) groups is 2. The molecule has 8 rings (SSSR count). The number of aryl methyl sites for hydroxylation is 3. The van der Waals surface area contributed by atoms with Crippen molar-refractivity contribution in [2.75, 3.05) is 13.6 Å². The number of nitrogens with zero attached hydrogens (tertiary/aromatic N) is 5. The van der Waals surface area contributed by atoms with Gasteiger partial charge in [0, 0.05) is 48.7 Å². The monoisotopic (exact) mass is 647 g/mol. The zero-order valence-corrected chi connectivity index (χ0v) is 27.7. The molecule has 0 spiro atoms. The van der Waals surface area contributed by atoms with E-state index in [0.717, 1.165) is 90.6 Å². The number of piperidine rings is 1. The first-order valence-electron chi connectivity index (χ1n) is 18.1. The van der Waals surface area contributed by atoms with Gasteiger partial charge in [-0.3, -0.25) is 9.59 Å². The molecule has 1 saturated carbocycles. The van der Waals surface area contributed by atoms with Crippen molar-refractivity contribution in [3.8, 4) is 17.3 Å². The summed E-state index contributed by atoms with van der Waals surface area (Å²) in [6.45, 7) is 0.738. The molecule has 2 amide bonds. The van der Waals surface area contributed by atoms with E-state index in [4.69, 9.17) is 23.2 Å². The Labute approximate surface area is 283 Å². The van der Waals surface area contributed by atoms with E-state index in [9.17, 15) is 9.59 Å². The van der Waals surface area contributed by atoms with Crippen LogP contribution in [0.3, 0.4) is 0 Å². The smallest absolute Gasteiger partial charge is 0.254 e. The maximum atomic E-state index is 14.1. The van der Waals surface area contributed by atoms with Crippen molar-refractivity contribution in [2.45, 2.75) is 76.5 Å². The summed E-state index contributed by atoms with van der Waals surface area (Å²) in [5.41, 5.74) is 12.3. The summed E-state index contributed by atoms with van der Waals surface area (Å²) in [7, 11) is 3.51. The quantitative estimate of drug-likeness (QED) is 0.257. The largest absolute Gasteiger partial charge is 0.494 e. The van der Waals surface area contributed by atoms with E-state index in [1.54, 1.807) is 19.2 Å². The summed E-state index contributed by atoms with van der Waals surface area (Å²) in [5.74, 6) is 0.781. The summed E-state index contributed by atoms with van der Waals surface area (Å²) in [6.07, 6.45) is 5.96. The van der Waals surface area contributed by atoms with Crippen LogP contribution in [0.5, 0.6) is 5.75 Å². The number of hydrogen-bond donors (Lipinski definition) is 2. The predicted octanol–water partition coefficient (Wildman–Crippen LogP) is 5.77. The molecule has 2 aromatic carbocycles. The standard InChI is InChI=1S/C38H43N7O3/c1-22-30-15-13-25-19-32(44(35(25)41-30)16-8-4-5-9-23-10-6-7-11-28(23)37(46)40-22)36-42-31-18-26(20-33(48-3)34(31)43(36)2)38(47)45-21-29(39)24-12-14-27(45)17-24/h6-7,10-11,13,15,18-20,22,24,27,29H,4-5,8-9,12,14,16-17,21,39H2,1-3H3,(H,40,46)/t22-,24-,27+,29+/m1/s1/i21D2. The van der Waals surface area contributed by atoms with Crippen molar-refractivity contribution in [1.29, 1.82) is 0 Å². The van der Waals surface area contributed by atoms with E-state index in [1.165, 1.54) is 4.90 Å². The fourth-order valence-corrected chi connectivity index (χ4v) is 7.97. The SMILES string of the molecule is [2H]C1([2H])[C@H](N)[C@@H]2CC[C@@H](C2)N1C(=O)c1cc(OC)c2c(c1)nc(-c1cc3ccc4nc3n1CCCCCc1ccccc1C(=O)N[C@@H]4C)n2C. The number of benzene rings is 2. The molecule has 3 aliphatic rings. The number of likely N-dealkylation sites (tertiary alicyclic amines) is 1. The van der Waals surface area contributed by atoms with Crippen molar-refractivity contribution in [3.05, 3.63) is 77.0 Å². The van der Waals surface area contributed by atoms with Crippen molar-refractivity contribution >= 4 is 33.9 Å². The molecule has 3 N–H and O–H groups in total. The molecule has 0 unspecified atom stereocenters. The number of imidazole rings is 1. The van der Waals surface area contributed by atoms with Gasteiger partial charge in [-0.2, -0.15) is 0 Å². The van der Waals surface area contributed by atoms with Crippen LogP contribution in [0.4, 0.5) is 0 Å². The van der Waals surface area contributed by atoms with Gasteiger partial charge in [0.2, 0.25) is 0 Å². The number of rotatable bonds is 3. The average molecular weight is 648 g/mol. The maximum Gasteiger partial charge on any atom is 0.254 e. The lowest BCUT2D eigenvalue weighted by molar-refractivity contribution is 0.0603. The first-order chi connectivity index (χ1) is 24.1. The van der Waals surface area contributed by atoms with Gasteiger partial charge in [0.15, 0.2) is 5.82 Å². The molecule has 2 fully saturated rings. The first-order valence-corrected chi connectivity index (χ1v) is 17.1. The number of aromatic nitrogens is 4. The van der Waals surface area contributed by atoms with Crippen molar-refractivity contribution in [1.82, 2.24) is 29.3 Å². The van der Waals surface area contributed by atoms with Gasteiger partial charge >= 0.3 is 0 Å². The highest BCUT2D eigenvalue weighted by Crippen LogP contribution is 2.39. The van der Waals surface area contributed by atoms with E-state index in [2.05, 4.69) is 16.0 Å². The van der Waals surface area contributed by atoms with Gasteiger partial charge < -0.3 is 29.8 Å². The number of carbonyl (C=O) groups excluding carboxylic acids is 2. The van der Waals surface area contributed by atoms with Gasteiger partial charge in [0.1, 0.15) is 16.9 Å². The Morgan fingerprint density at radius 1 is 1.08 bits per heavy atom. The molecule has 1 saturated heterocycles. The Kier molecular flexibility index (Phi) is 7.13. The van der Waals surface area contributed by atoms with Crippen LogP contribution in [0.1, 0.15) is 86.2 Å². The molecule has 0 radical (unpaired) electrons. The zero-order chi connectivity index (χ0) is 34.9. The number of nitrogens with two attached hydrogens (primary N) is 1. The third-order valence-electron chi connectivity index (χ3n) is 10.6. The number of pyridine rings is 1. The third kappa shape index (κ3) is 5.13. The molecule has 48 heavy (non-hydrogen) atoms. The normalized spacial score (nSPS) is 24.6. The second kappa shape index (κ2) is 12.1. The van der Waals surface area contributed by atoms with Gasteiger partial charge in [0.05, 0.1) is 32.8 Å². The van der Waals surface area contributed by atoms with E-state index in [0.29, 0.717) is 22.7 Å². The van der Waals surface area contributed by atoms with E-state index < -0.39 is 18.4 Å². The zero-order valence-electron chi connectivity index (χ0n) is 29.7. The fourth-order valence-electron chi connectivity index (χ4n) is 7.97. The fraction of sp³-hybridized carbons (Fsp3) is 0.421. The van der Waals surface area contributed by atoms with Crippen LogP contribution < -0.4 is 15.8 Å². The van der Waals surface area contributed by atoms with Gasteiger partial charge in [0.25, 0.3) is 11.8 Å². The third-order valence-corrected chi connectivity index (χ3v) is 10.6. The Bertz CT molecular complexity index is 2160. The number of hydrogen-bond acceptors (Lipinski definition) is 6. The second-order valence-corrected chi connectivity index (χ2v) is 13.6. The van der Waals surface area contributed by atoms with E-state index in [1.807, 2.05) is 54.9 Å². The van der Waals surface area contributed by atoms with Crippen LogP contribution in [-0.4, -0.2) is 61.5 Å². The molecule has 4 atom stereocenters. The molecule has 248 valence electrons. The minimum atomic E-state index is -1.95. The summed E-state index contributed by atoms with van der Waals surface area (Å²) >= 11 is 0. The van der Waals surface area contributed by atoms with Crippen LogP contribution in [0.25, 0.3) is 33.6 Å². The summed E-state index contributed by atoms with van der Waals surface area (Å²) in [5, 5.41) is 4.13. The lowest BCUT2D eigenvalue weighted by Gasteiger charge is -2.37. The van der Waals surface area contributed by atoms with Crippen molar-refractivity contribution in [2.24, 2.45) is 18.7 Å². The molecule has 10 heteroatoms. The van der Waals surface area contributed by atoms with E-state index in [-0.39, 0.29) is 23.9 Å². The average Bonchev–Trinajstić information content (AvgIpc) is 3.80. The topological polar surface area (TPSA) is 120 Å². The first kappa shape index (κ1) is 28.3. The molecule has 2 aliphatic heterocycles. The maximum absolute atomic E-state index is 14.1. The molecule has 1 aliphatic carbocycles. The van der Waals surface area contributed by atoms with Crippen LogP contribution in [0, 0.1) is 5.92 Å². The lowest BCUT2D eigenvalue weighted by atomic mass is 9.94.